The number of hydrogen-bond acceptors (Lipinski definition) is 3. The van der Waals surface area contributed by atoms with E-state index in [0.717, 1.165) is 57.0 Å². The second kappa shape index (κ2) is 9.01. The first-order chi connectivity index (χ1) is 12.1. The highest BCUT2D eigenvalue weighted by Crippen LogP contribution is 2.32. The third-order valence-corrected chi connectivity index (χ3v) is 5.94. The number of aryl methyl sites for hydroxylation is 1. The van der Waals surface area contributed by atoms with E-state index < -0.39 is 0 Å². The Bertz CT molecular complexity index is 555. The molecule has 0 spiro atoms. The summed E-state index contributed by atoms with van der Waals surface area (Å²) in [4.78, 5) is 4.87. The van der Waals surface area contributed by atoms with Gasteiger partial charge in [-0.3, -0.25) is 4.90 Å². The van der Waals surface area contributed by atoms with Gasteiger partial charge in [0.2, 0.25) is 0 Å². The summed E-state index contributed by atoms with van der Waals surface area (Å²) < 4.78 is 7.65. The molecular weight excluding hydrogens is 332 g/mol. The van der Waals surface area contributed by atoms with Crippen LogP contribution in [-0.2, 0) is 11.8 Å². The number of thiocarbonyl (C=S) groups is 1. The number of rotatable bonds is 4. The second-order valence-corrected chi connectivity index (χ2v) is 7.80. The Morgan fingerprint density at radius 1 is 1.24 bits per heavy atom. The van der Waals surface area contributed by atoms with Gasteiger partial charge in [-0.15, -0.1) is 0 Å². The molecule has 140 valence electrons. The standard InChI is InChI=1S/C19H32N4OS/c1-16-5-6-18(17-4-3-9-21(17)2)23(10-7-16)19(25)20-8-11-22-12-14-24-15-13-22/h3-4,9,16,18H,5-8,10-15H2,1-2H3,(H,20,25)/t16-,18+/m1/s1. The van der Waals surface area contributed by atoms with Gasteiger partial charge < -0.3 is 19.5 Å². The molecule has 0 amide bonds. The molecule has 6 heteroatoms. The fourth-order valence-electron chi connectivity index (χ4n) is 3.88. The summed E-state index contributed by atoms with van der Waals surface area (Å²) in [5.41, 5.74) is 1.37. The van der Waals surface area contributed by atoms with Crippen LogP contribution in [-0.4, -0.2) is 65.4 Å². The average molecular weight is 365 g/mol. The van der Waals surface area contributed by atoms with E-state index >= 15 is 0 Å². The fourth-order valence-corrected chi connectivity index (χ4v) is 4.20. The molecule has 25 heavy (non-hydrogen) atoms. The number of likely N-dealkylation sites (tertiary alicyclic amines) is 1. The van der Waals surface area contributed by atoms with Crippen molar-refractivity contribution in [2.45, 2.75) is 32.2 Å². The maximum atomic E-state index is 5.80. The van der Waals surface area contributed by atoms with Gasteiger partial charge in [-0.25, -0.2) is 0 Å². The number of nitrogens with zero attached hydrogens (tertiary/aromatic N) is 3. The Morgan fingerprint density at radius 3 is 2.76 bits per heavy atom. The highest BCUT2D eigenvalue weighted by molar-refractivity contribution is 7.80. The number of morpholine rings is 1. The summed E-state index contributed by atoms with van der Waals surface area (Å²) in [7, 11) is 2.14. The average Bonchev–Trinajstić information content (AvgIpc) is 2.94. The minimum atomic E-state index is 0.383. The molecule has 2 saturated heterocycles. The maximum Gasteiger partial charge on any atom is 0.169 e. The molecule has 0 unspecified atom stereocenters. The third-order valence-electron chi connectivity index (χ3n) is 5.57. The van der Waals surface area contributed by atoms with Gasteiger partial charge in [-0.05, 0) is 49.5 Å². The molecule has 2 aliphatic rings. The van der Waals surface area contributed by atoms with Crippen LogP contribution in [0, 0.1) is 5.92 Å². The van der Waals surface area contributed by atoms with Crippen molar-refractivity contribution in [3.8, 4) is 0 Å². The molecule has 2 fully saturated rings. The van der Waals surface area contributed by atoms with Gasteiger partial charge in [0.15, 0.2) is 5.11 Å². The van der Waals surface area contributed by atoms with Gasteiger partial charge in [0.1, 0.15) is 0 Å². The molecule has 3 heterocycles. The molecule has 2 atom stereocenters. The van der Waals surface area contributed by atoms with Crippen LogP contribution in [0.15, 0.2) is 18.3 Å². The van der Waals surface area contributed by atoms with Crippen molar-refractivity contribution in [1.82, 2.24) is 19.7 Å². The normalized spacial score (nSPS) is 25.6. The SMILES string of the molecule is C[C@@H]1CC[C@@H](c2cccn2C)N(C(=S)NCCN2CCOCC2)CC1. The van der Waals surface area contributed by atoms with Gasteiger partial charge in [-0.1, -0.05) is 6.92 Å². The first-order valence-electron chi connectivity index (χ1n) is 9.61. The van der Waals surface area contributed by atoms with Crippen molar-refractivity contribution < 1.29 is 4.74 Å². The third kappa shape index (κ3) is 4.96. The van der Waals surface area contributed by atoms with Crippen LogP contribution in [0.3, 0.4) is 0 Å². The Morgan fingerprint density at radius 2 is 2.04 bits per heavy atom. The lowest BCUT2D eigenvalue weighted by molar-refractivity contribution is 0.0388. The first kappa shape index (κ1) is 18.7. The van der Waals surface area contributed by atoms with Crippen LogP contribution in [0.1, 0.15) is 37.9 Å². The summed E-state index contributed by atoms with van der Waals surface area (Å²) in [5.74, 6) is 0.768. The summed E-state index contributed by atoms with van der Waals surface area (Å²) in [6.45, 7) is 9.10. The summed E-state index contributed by atoms with van der Waals surface area (Å²) in [6, 6.07) is 4.76. The van der Waals surface area contributed by atoms with Crippen molar-refractivity contribution in [2.75, 3.05) is 45.9 Å². The Hall–Kier alpha value is -1.11. The molecular formula is C19H32N4OS. The van der Waals surface area contributed by atoms with Gasteiger partial charge in [0.25, 0.3) is 0 Å². The van der Waals surface area contributed by atoms with E-state index in [1.165, 1.54) is 25.0 Å². The molecule has 1 aromatic rings. The van der Waals surface area contributed by atoms with Gasteiger partial charge in [0.05, 0.1) is 19.3 Å². The molecule has 1 N–H and O–H groups in total. The van der Waals surface area contributed by atoms with Crippen molar-refractivity contribution in [3.63, 3.8) is 0 Å². The van der Waals surface area contributed by atoms with Crippen LogP contribution in [0.25, 0.3) is 0 Å². The maximum absolute atomic E-state index is 5.80. The summed E-state index contributed by atoms with van der Waals surface area (Å²) in [6.07, 6.45) is 5.79. The topological polar surface area (TPSA) is 32.7 Å². The first-order valence-corrected chi connectivity index (χ1v) is 10.0. The van der Waals surface area contributed by atoms with Crippen molar-refractivity contribution in [1.29, 1.82) is 0 Å². The van der Waals surface area contributed by atoms with Crippen molar-refractivity contribution in [2.24, 2.45) is 13.0 Å². The minimum Gasteiger partial charge on any atom is -0.379 e. The zero-order valence-corrected chi connectivity index (χ0v) is 16.4. The van der Waals surface area contributed by atoms with Gasteiger partial charge in [0, 0.05) is 51.7 Å². The fraction of sp³-hybridized carbons (Fsp3) is 0.737. The zero-order valence-electron chi connectivity index (χ0n) is 15.6. The van der Waals surface area contributed by atoms with E-state index in [1.807, 2.05) is 0 Å². The van der Waals surface area contributed by atoms with Gasteiger partial charge >= 0.3 is 0 Å². The van der Waals surface area contributed by atoms with Crippen LogP contribution < -0.4 is 5.32 Å². The molecule has 5 nitrogen and oxygen atoms in total. The van der Waals surface area contributed by atoms with E-state index in [4.69, 9.17) is 17.0 Å². The number of nitrogens with one attached hydrogen (secondary N) is 1. The monoisotopic (exact) mass is 364 g/mol. The highest BCUT2D eigenvalue weighted by Gasteiger charge is 2.28. The lowest BCUT2D eigenvalue weighted by atomic mass is 10.0. The Balaban J connectivity index is 1.59. The molecule has 0 saturated carbocycles. The zero-order chi connectivity index (χ0) is 17.6. The lowest BCUT2D eigenvalue weighted by Crippen LogP contribution is -2.46. The number of aromatic nitrogens is 1. The van der Waals surface area contributed by atoms with Crippen LogP contribution >= 0.6 is 12.2 Å². The van der Waals surface area contributed by atoms with E-state index in [-0.39, 0.29) is 0 Å². The quantitative estimate of drug-likeness (QED) is 0.830. The molecule has 0 radical (unpaired) electrons. The van der Waals surface area contributed by atoms with Crippen LogP contribution in [0.2, 0.25) is 0 Å². The smallest absolute Gasteiger partial charge is 0.169 e. The van der Waals surface area contributed by atoms with E-state index in [9.17, 15) is 0 Å². The molecule has 3 rings (SSSR count). The molecule has 2 aliphatic heterocycles. The van der Waals surface area contributed by atoms with Crippen LogP contribution in [0.5, 0.6) is 0 Å². The largest absolute Gasteiger partial charge is 0.379 e. The van der Waals surface area contributed by atoms with E-state index in [2.05, 4.69) is 52.0 Å². The van der Waals surface area contributed by atoms with Crippen LogP contribution in [0.4, 0.5) is 0 Å². The number of ether oxygens (including phenoxy) is 1. The van der Waals surface area contributed by atoms with E-state index in [0.29, 0.717) is 6.04 Å². The van der Waals surface area contributed by atoms with E-state index in [1.54, 1.807) is 0 Å². The number of hydrogen-bond donors (Lipinski definition) is 1. The van der Waals surface area contributed by atoms with Gasteiger partial charge in [-0.2, -0.15) is 0 Å². The van der Waals surface area contributed by atoms with Crippen molar-refractivity contribution in [3.05, 3.63) is 24.0 Å². The Kier molecular flexibility index (Phi) is 6.73. The molecule has 0 aromatic carbocycles. The second-order valence-electron chi connectivity index (χ2n) is 7.41. The lowest BCUT2D eigenvalue weighted by Gasteiger charge is -2.33. The highest BCUT2D eigenvalue weighted by atomic mass is 32.1. The predicted octanol–water partition coefficient (Wildman–Crippen LogP) is 2.39. The predicted molar refractivity (Wildman–Crippen MR) is 106 cm³/mol. The molecule has 0 bridgehead atoms. The summed E-state index contributed by atoms with van der Waals surface area (Å²) >= 11 is 5.80. The van der Waals surface area contributed by atoms with Crippen molar-refractivity contribution >= 4 is 17.3 Å². The Labute approximate surface area is 157 Å². The molecule has 0 aliphatic carbocycles. The molecule has 1 aromatic heterocycles. The summed E-state index contributed by atoms with van der Waals surface area (Å²) in [5, 5.41) is 4.43. The minimum absolute atomic E-state index is 0.383.